The van der Waals surface area contributed by atoms with Gasteiger partial charge in [-0.15, -0.1) is 0 Å². The van der Waals surface area contributed by atoms with Crippen LogP contribution in [-0.4, -0.2) is 35.7 Å². The Bertz CT molecular complexity index is 431. The molecule has 0 radical (unpaired) electrons. The summed E-state index contributed by atoms with van der Waals surface area (Å²) in [7, 11) is 0. The zero-order chi connectivity index (χ0) is 15.5. The molecule has 0 spiro atoms. The molecule has 2 N–H and O–H groups in total. The van der Waals surface area contributed by atoms with E-state index in [9.17, 15) is 10.1 Å². The summed E-state index contributed by atoms with van der Waals surface area (Å²) < 4.78 is 5.31. The number of nitro groups is 1. The fourth-order valence-corrected chi connectivity index (χ4v) is 4.14. The molecular weight excluding hydrogens is 284 g/mol. The number of fused-ring (bicyclic) bond motifs is 1. The standard InChI is InChI=1S/C15H26N4O3/c1-10-8-14(17-13-5-3-2-4-12(10)13)18-16-9-11-6-7-15(22-11)19(20)21/h9-15,17-18H,2-8H2,1H3. The van der Waals surface area contributed by atoms with E-state index in [4.69, 9.17) is 4.74 Å². The van der Waals surface area contributed by atoms with Crippen LogP contribution < -0.4 is 10.7 Å². The summed E-state index contributed by atoms with van der Waals surface area (Å²) in [5, 5.41) is 18.6. The molecule has 7 heteroatoms. The molecule has 0 aromatic carbocycles. The van der Waals surface area contributed by atoms with Gasteiger partial charge in [-0.05, 0) is 37.5 Å². The van der Waals surface area contributed by atoms with Gasteiger partial charge < -0.3 is 4.74 Å². The highest BCUT2D eigenvalue weighted by atomic mass is 16.7. The topological polar surface area (TPSA) is 88.8 Å². The highest BCUT2D eigenvalue weighted by Crippen LogP contribution is 2.35. The molecule has 1 aliphatic carbocycles. The Kier molecular flexibility index (Phi) is 4.93. The summed E-state index contributed by atoms with van der Waals surface area (Å²) >= 11 is 0. The van der Waals surface area contributed by atoms with Crippen LogP contribution in [0, 0.1) is 22.0 Å². The lowest BCUT2D eigenvalue weighted by Crippen LogP contribution is -2.56. The molecule has 0 bridgehead atoms. The van der Waals surface area contributed by atoms with Crippen LogP contribution in [0.15, 0.2) is 5.10 Å². The monoisotopic (exact) mass is 310 g/mol. The fraction of sp³-hybridized carbons (Fsp3) is 0.933. The van der Waals surface area contributed by atoms with Crippen molar-refractivity contribution in [2.24, 2.45) is 16.9 Å². The van der Waals surface area contributed by atoms with Gasteiger partial charge in [-0.3, -0.25) is 20.9 Å². The van der Waals surface area contributed by atoms with Crippen LogP contribution in [0.4, 0.5) is 0 Å². The molecule has 7 nitrogen and oxygen atoms in total. The van der Waals surface area contributed by atoms with Gasteiger partial charge in [-0.25, -0.2) is 0 Å². The zero-order valence-corrected chi connectivity index (χ0v) is 13.1. The zero-order valence-electron chi connectivity index (χ0n) is 13.1. The Morgan fingerprint density at radius 3 is 2.91 bits per heavy atom. The number of ether oxygens (including phenoxy) is 1. The Labute approximate surface area is 131 Å². The van der Waals surface area contributed by atoms with Crippen LogP contribution in [0.5, 0.6) is 0 Å². The maximum Gasteiger partial charge on any atom is 0.316 e. The lowest BCUT2D eigenvalue weighted by atomic mass is 9.73. The van der Waals surface area contributed by atoms with Gasteiger partial charge in [0.15, 0.2) is 0 Å². The van der Waals surface area contributed by atoms with Gasteiger partial charge in [-0.2, -0.15) is 5.10 Å². The molecule has 0 amide bonds. The van der Waals surface area contributed by atoms with Crippen molar-refractivity contribution in [2.45, 2.75) is 76.4 Å². The minimum absolute atomic E-state index is 0.193. The molecule has 3 rings (SSSR count). The lowest BCUT2D eigenvalue weighted by Gasteiger charge is -2.44. The first-order chi connectivity index (χ1) is 10.6. The first-order valence-corrected chi connectivity index (χ1v) is 8.47. The first kappa shape index (κ1) is 15.7. The molecule has 2 saturated heterocycles. The summed E-state index contributed by atoms with van der Waals surface area (Å²) in [5.74, 6) is 1.51. The first-order valence-electron chi connectivity index (χ1n) is 8.47. The predicted molar refractivity (Wildman–Crippen MR) is 83.0 cm³/mol. The molecule has 1 saturated carbocycles. The second-order valence-corrected chi connectivity index (χ2v) is 6.89. The van der Waals surface area contributed by atoms with Gasteiger partial charge in [0.1, 0.15) is 6.10 Å². The van der Waals surface area contributed by atoms with Crippen molar-refractivity contribution in [2.75, 3.05) is 0 Å². The second-order valence-electron chi connectivity index (χ2n) is 6.89. The van der Waals surface area contributed by atoms with E-state index in [1.807, 2.05) is 0 Å². The van der Waals surface area contributed by atoms with Gasteiger partial charge >= 0.3 is 6.23 Å². The third-order valence-electron chi connectivity index (χ3n) is 5.31. The van der Waals surface area contributed by atoms with Crippen molar-refractivity contribution in [1.82, 2.24) is 10.7 Å². The van der Waals surface area contributed by atoms with Crippen molar-refractivity contribution in [1.29, 1.82) is 0 Å². The van der Waals surface area contributed by atoms with Gasteiger partial charge in [0.2, 0.25) is 0 Å². The number of hydrazone groups is 1. The Balaban J connectivity index is 1.45. The van der Waals surface area contributed by atoms with Crippen LogP contribution >= 0.6 is 0 Å². The highest BCUT2D eigenvalue weighted by molar-refractivity contribution is 5.63. The van der Waals surface area contributed by atoms with E-state index in [0.717, 1.165) is 12.3 Å². The Hall–Kier alpha value is -1.21. The highest BCUT2D eigenvalue weighted by Gasteiger charge is 2.36. The van der Waals surface area contributed by atoms with Crippen molar-refractivity contribution in [3.05, 3.63) is 10.1 Å². The number of hydrogen-bond donors (Lipinski definition) is 2. The maximum absolute atomic E-state index is 10.6. The normalized spacial score (nSPS) is 42.2. The number of hydrogen-bond acceptors (Lipinski definition) is 6. The van der Waals surface area contributed by atoms with Crippen LogP contribution in [0.3, 0.4) is 0 Å². The molecular formula is C15H26N4O3. The molecule has 2 heterocycles. The van der Waals surface area contributed by atoms with E-state index in [-0.39, 0.29) is 17.2 Å². The van der Waals surface area contributed by atoms with E-state index in [1.54, 1.807) is 6.21 Å². The largest absolute Gasteiger partial charge is 0.316 e. The molecule has 3 fully saturated rings. The number of nitrogens with zero attached hydrogens (tertiary/aromatic N) is 2. The third kappa shape index (κ3) is 3.57. The number of rotatable bonds is 4. The fourth-order valence-electron chi connectivity index (χ4n) is 4.14. The summed E-state index contributed by atoms with van der Waals surface area (Å²) in [6.45, 7) is 2.34. The molecule has 3 aliphatic rings. The Morgan fingerprint density at radius 2 is 2.14 bits per heavy atom. The summed E-state index contributed by atoms with van der Waals surface area (Å²) in [6.07, 6.45) is 8.22. The van der Waals surface area contributed by atoms with Crippen molar-refractivity contribution in [3.63, 3.8) is 0 Å². The minimum atomic E-state index is -0.868. The van der Waals surface area contributed by atoms with Crippen molar-refractivity contribution in [3.8, 4) is 0 Å². The van der Waals surface area contributed by atoms with Crippen LogP contribution in [-0.2, 0) is 4.74 Å². The van der Waals surface area contributed by atoms with Crippen LogP contribution in [0.2, 0.25) is 0 Å². The Morgan fingerprint density at radius 1 is 1.32 bits per heavy atom. The number of nitrogens with one attached hydrogen (secondary N) is 2. The molecule has 6 atom stereocenters. The van der Waals surface area contributed by atoms with E-state index >= 15 is 0 Å². The average molecular weight is 310 g/mol. The van der Waals surface area contributed by atoms with E-state index in [0.29, 0.717) is 24.8 Å². The quantitative estimate of drug-likeness (QED) is 0.470. The molecule has 6 unspecified atom stereocenters. The molecule has 22 heavy (non-hydrogen) atoms. The second kappa shape index (κ2) is 6.91. The SMILES string of the molecule is CC1CC(NN=CC2CCC([N+](=O)[O-])O2)NC2CCCCC12. The average Bonchev–Trinajstić information content (AvgIpc) is 2.96. The summed E-state index contributed by atoms with van der Waals surface area (Å²) in [4.78, 5) is 10.3. The van der Waals surface area contributed by atoms with E-state index in [2.05, 4.69) is 22.8 Å². The van der Waals surface area contributed by atoms with Gasteiger partial charge in [0.05, 0.1) is 17.3 Å². The predicted octanol–water partition coefficient (Wildman–Crippen LogP) is 1.86. The molecule has 124 valence electrons. The van der Waals surface area contributed by atoms with Crippen LogP contribution in [0.25, 0.3) is 0 Å². The number of piperidine rings is 1. The smallest absolute Gasteiger partial charge is 0.308 e. The van der Waals surface area contributed by atoms with Gasteiger partial charge in [0, 0.05) is 12.5 Å². The minimum Gasteiger partial charge on any atom is -0.308 e. The third-order valence-corrected chi connectivity index (χ3v) is 5.31. The summed E-state index contributed by atoms with van der Waals surface area (Å²) in [5.41, 5.74) is 3.16. The molecule has 2 aliphatic heterocycles. The molecule has 0 aromatic heterocycles. The van der Waals surface area contributed by atoms with Crippen LogP contribution in [0.1, 0.15) is 51.9 Å². The van der Waals surface area contributed by atoms with E-state index < -0.39 is 6.23 Å². The van der Waals surface area contributed by atoms with Crippen molar-refractivity contribution >= 4 is 6.21 Å². The van der Waals surface area contributed by atoms with Crippen molar-refractivity contribution < 1.29 is 9.66 Å². The van der Waals surface area contributed by atoms with E-state index in [1.165, 1.54) is 25.7 Å². The maximum atomic E-state index is 10.6. The summed E-state index contributed by atoms with van der Waals surface area (Å²) in [6, 6.07) is 0.604. The lowest BCUT2D eigenvalue weighted by molar-refractivity contribution is -0.570. The van der Waals surface area contributed by atoms with Gasteiger partial charge in [0.25, 0.3) is 0 Å². The molecule has 0 aromatic rings. The van der Waals surface area contributed by atoms with Gasteiger partial charge in [-0.1, -0.05) is 19.8 Å².